The zero-order valence-electron chi connectivity index (χ0n) is 10.6. The number of aryl methyl sites for hydroxylation is 1. The summed E-state index contributed by atoms with van der Waals surface area (Å²) in [5.74, 6) is 0. The Labute approximate surface area is 104 Å². The Balaban J connectivity index is 2.61. The minimum atomic E-state index is -3.36. The highest BCUT2D eigenvalue weighted by Crippen LogP contribution is 2.13. The van der Waals surface area contributed by atoms with Gasteiger partial charge in [-0.25, -0.2) is 13.1 Å². The van der Waals surface area contributed by atoms with E-state index in [4.69, 9.17) is 0 Å². The predicted octanol–water partition coefficient (Wildman–Crippen LogP) is 1.23. The van der Waals surface area contributed by atoms with Gasteiger partial charge in [0.1, 0.15) is 0 Å². The van der Waals surface area contributed by atoms with Crippen molar-refractivity contribution in [2.75, 3.05) is 27.2 Å². The van der Waals surface area contributed by atoms with Crippen LogP contribution in [0.1, 0.15) is 12.0 Å². The Morgan fingerprint density at radius 1 is 1.24 bits per heavy atom. The highest BCUT2D eigenvalue weighted by Gasteiger charge is 2.14. The highest BCUT2D eigenvalue weighted by molar-refractivity contribution is 7.89. The van der Waals surface area contributed by atoms with Gasteiger partial charge >= 0.3 is 0 Å². The topological polar surface area (TPSA) is 49.4 Å². The van der Waals surface area contributed by atoms with Crippen LogP contribution in [0.15, 0.2) is 29.2 Å². The van der Waals surface area contributed by atoms with Crippen molar-refractivity contribution >= 4 is 10.0 Å². The van der Waals surface area contributed by atoms with Gasteiger partial charge in [0, 0.05) is 6.54 Å². The molecule has 17 heavy (non-hydrogen) atoms. The third-order valence-electron chi connectivity index (χ3n) is 2.46. The Kier molecular flexibility index (Phi) is 5.11. The van der Waals surface area contributed by atoms with Crippen LogP contribution in [0, 0.1) is 6.92 Å². The number of nitrogens with one attached hydrogen (secondary N) is 1. The summed E-state index contributed by atoms with van der Waals surface area (Å²) in [5, 5.41) is 0. The van der Waals surface area contributed by atoms with E-state index in [0.29, 0.717) is 11.4 Å². The maximum absolute atomic E-state index is 12.0. The molecule has 5 heteroatoms. The van der Waals surface area contributed by atoms with Crippen molar-refractivity contribution in [3.05, 3.63) is 29.8 Å². The summed E-state index contributed by atoms with van der Waals surface area (Å²) in [6, 6.07) is 7.00. The lowest BCUT2D eigenvalue weighted by molar-refractivity contribution is 0.400. The first-order chi connectivity index (χ1) is 7.93. The second kappa shape index (κ2) is 6.14. The van der Waals surface area contributed by atoms with Gasteiger partial charge in [0.05, 0.1) is 4.90 Å². The second-order valence-corrected chi connectivity index (χ2v) is 6.06. The summed E-state index contributed by atoms with van der Waals surface area (Å²) in [6.45, 7) is 3.14. The van der Waals surface area contributed by atoms with E-state index < -0.39 is 10.0 Å². The fourth-order valence-corrected chi connectivity index (χ4v) is 2.86. The van der Waals surface area contributed by atoms with E-state index in [0.717, 1.165) is 18.5 Å². The maximum atomic E-state index is 12.0. The molecule has 0 saturated carbocycles. The van der Waals surface area contributed by atoms with Crippen LogP contribution < -0.4 is 4.72 Å². The zero-order valence-corrected chi connectivity index (χ0v) is 11.4. The molecule has 1 N–H and O–H groups in total. The predicted molar refractivity (Wildman–Crippen MR) is 69.5 cm³/mol. The van der Waals surface area contributed by atoms with Crippen molar-refractivity contribution in [3.63, 3.8) is 0 Å². The van der Waals surface area contributed by atoms with Crippen molar-refractivity contribution in [1.82, 2.24) is 9.62 Å². The van der Waals surface area contributed by atoms with Crippen LogP contribution >= 0.6 is 0 Å². The van der Waals surface area contributed by atoms with Crippen LogP contribution in [0.5, 0.6) is 0 Å². The minimum Gasteiger partial charge on any atom is -0.309 e. The van der Waals surface area contributed by atoms with Gasteiger partial charge in [-0.1, -0.05) is 18.2 Å². The molecular formula is C12H20N2O2S. The molecule has 0 spiro atoms. The molecule has 0 saturated heterocycles. The molecule has 1 aromatic rings. The first-order valence-corrected chi connectivity index (χ1v) is 7.12. The first-order valence-electron chi connectivity index (χ1n) is 5.63. The Bertz CT molecular complexity index is 455. The number of nitrogens with zero attached hydrogens (tertiary/aromatic N) is 1. The molecule has 0 amide bonds. The molecule has 0 fully saturated rings. The number of hydrogen-bond acceptors (Lipinski definition) is 3. The largest absolute Gasteiger partial charge is 0.309 e. The van der Waals surface area contributed by atoms with E-state index in [1.54, 1.807) is 25.1 Å². The van der Waals surface area contributed by atoms with Crippen LogP contribution in [0.25, 0.3) is 0 Å². The van der Waals surface area contributed by atoms with Crippen molar-refractivity contribution in [1.29, 1.82) is 0 Å². The average Bonchev–Trinajstić information content (AvgIpc) is 2.24. The van der Waals surface area contributed by atoms with E-state index in [2.05, 4.69) is 4.72 Å². The lowest BCUT2D eigenvalue weighted by Crippen LogP contribution is -2.27. The van der Waals surface area contributed by atoms with Crippen LogP contribution in [-0.2, 0) is 10.0 Å². The maximum Gasteiger partial charge on any atom is 0.240 e. The standard InChI is InChI=1S/C12H20N2O2S/c1-11-7-4-5-8-12(11)17(15,16)13-9-6-10-14(2)3/h4-5,7-8,13H,6,9-10H2,1-3H3. The summed E-state index contributed by atoms with van der Waals surface area (Å²) < 4.78 is 26.6. The molecule has 96 valence electrons. The van der Waals surface area contributed by atoms with Crippen LogP contribution in [0.2, 0.25) is 0 Å². The summed E-state index contributed by atoms with van der Waals surface area (Å²) in [5.41, 5.74) is 0.771. The molecule has 1 rings (SSSR count). The van der Waals surface area contributed by atoms with Gasteiger partial charge in [-0.05, 0) is 45.6 Å². The van der Waals surface area contributed by atoms with Gasteiger partial charge in [-0.3, -0.25) is 0 Å². The van der Waals surface area contributed by atoms with Crippen molar-refractivity contribution < 1.29 is 8.42 Å². The van der Waals surface area contributed by atoms with Crippen LogP contribution in [-0.4, -0.2) is 40.5 Å². The van der Waals surface area contributed by atoms with Gasteiger partial charge in [-0.15, -0.1) is 0 Å². The monoisotopic (exact) mass is 256 g/mol. The lowest BCUT2D eigenvalue weighted by atomic mass is 10.2. The molecule has 4 nitrogen and oxygen atoms in total. The molecule has 0 atom stereocenters. The molecule has 0 aliphatic carbocycles. The SMILES string of the molecule is Cc1ccccc1S(=O)(=O)NCCCN(C)C. The van der Waals surface area contributed by atoms with Gasteiger partial charge in [0.2, 0.25) is 10.0 Å². The quantitative estimate of drug-likeness (QED) is 0.779. The first kappa shape index (κ1) is 14.2. The van der Waals surface area contributed by atoms with Crippen molar-refractivity contribution in [3.8, 4) is 0 Å². The molecule has 0 unspecified atom stereocenters. The third kappa shape index (κ3) is 4.46. The van der Waals surface area contributed by atoms with Crippen LogP contribution in [0.3, 0.4) is 0 Å². The number of sulfonamides is 1. The van der Waals surface area contributed by atoms with Gasteiger partial charge in [-0.2, -0.15) is 0 Å². The lowest BCUT2D eigenvalue weighted by Gasteiger charge is -2.11. The van der Waals surface area contributed by atoms with Gasteiger partial charge in [0.15, 0.2) is 0 Å². The van der Waals surface area contributed by atoms with Gasteiger partial charge in [0.25, 0.3) is 0 Å². The summed E-state index contributed by atoms with van der Waals surface area (Å²) in [4.78, 5) is 2.40. The summed E-state index contributed by atoms with van der Waals surface area (Å²) >= 11 is 0. The summed E-state index contributed by atoms with van der Waals surface area (Å²) in [6.07, 6.45) is 0.804. The van der Waals surface area contributed by atoms with Crippen molar-refractivity contribution in [2.24, 2.45) is 0 Å². The van der Waals surface area contributed by atoms with Gasteiger partial charge < -0.3 is 4.90 Å². The Morgan fingerprint density at radius 2 is 1.88 bits per heavy atom. The fourth-order valence-electron chi connectivity index (χ4n) is 1.54. The molecule has 0 heterocycles. The Morgan fingerprint density at radius 3 is 2.47 bits per heavy atom. The van der Waals surface area contributed by atoms with E-state index in [1.807, 2.05) is 25.1 Å². The van der Waals surface area contributed by atoms with Crippen molar-refractivity contribution in [2.45, 2.75) is 18.2 Å². The minimum absolute atomic E-state index is 0.366. The van der Waals surface area contributed by atoms with E-state index in [9.17, 15) is 8.42 Å². The molecule has 0 aliphatic rings. The number of rotatable bonds is 6. The van der Waals surface area contributed by atoms with E-state index in [1.165, 1.54) is 0 Å². The smallest absolute Gasteiger partial charge is 0.240 e. The van der Waals surface area contributed by atoms with Crippen LogP contribution in [0.4, 0.5) is 0 Å². The third-order valence-corrected chi connectivity index (χ3v) is 4.08. The second-order valence-electron chi connectivity index (χ2n) is 4.32. The molecule has 0 bridgehead atoms. The number of hydrogen-bond donors (Lipinski definition) is 1. The molecular weight excluding hydrogens is 236 g/mol. The highest BCUT2D eigenvalue weighted by atomic mass is 32.2. The van der Waals surface area contributed by atoms with E-state index >= 15 is 0 Å². The normalized spacial score (nSPS) is 12.0. The molecule has 0 aromatic heterocycles. The molecule has 0 aliphatic heterocycles. The summed E-state index contributed by atoms with van der Waals surface area (Å²) in [7, 11) is 0.579. The molecule has 1 aromatic carbocycles. The Hall–Kier alpha value is -0.910. The molecule has 0 radical (unpaired) electrons. The fraction of sp³-hybridized carbons (Fsp3) is 0.500. The zero-order chi connectivity index (χ0) is 12.9. The number of benzene rings is 1. The average molecular weight is 256 g/mol. The van der Waals surface area contributed by atoms with E-state index in [-0.39, 0.29) is 0 Å².